The van der Waals surface area contributed by atoms with Crippen LogP contribution in [0.1, 0.15) is 19.8 Å². The first kappa shape index (κ1) is 15.7. The fourth-order valence-electron chi connectivity index (χ4n) is 0.934. The molecule has 96 valence electrons. The summed E-state index contributed by atoms with van der Waals surface area (Å²) >= 11 is 1.47. The van der Waals surface area contributed by atoms with Gasteiger partial charge >= 0.3 is 5.97 Å². The van der Waals surface area contributed by atoms with Gasteiger partial charge in [0.2, 0.25) is 0 Å². The van der Waals surface area contributed by atoms with E-state index in [0.29, 0.717) is 18.7 Å². The lowest BCUT2D eigenvalue weighted by Crippen LogP contribution is -2.46. The molecule has 1 atom stereocenters. The Bertz CT molecular complexity index is 305. The quantitative estimate of drug-likeness (QED) is 0.549. The Morgan fingerprint density at radius 1 is 1.50 bits per heavy atom. The van der Waals surface area contributed by atoms with Gasteiger partial charge in [-0.2, -0.15) is 24.9 Å². The van der Waals surface area contributed by atoms with Crippen molar-refractivity contribution in [1.29, 1.82) is 0 Å². The molecule has 8 heteroatoms. The topological polar surface area (TPSA) is 95.5 Å². The van der Waals surface area contributed by atoms with Crippen LogP contribution in [0.4, 0.5) is 0 Å². The van der Waals surface area contributed by atoms with Gasteiger partial charge in [0.15, 0.2) is 0 Å². The van der Waals surface area contributed by atoms with Crippen LogP contribution in [0.15, 0.2) is 0 Å². The summed E-state index contributed by atoms with van der Waals surface area (Å²) in [5.41, 5.74) is 0. The molecule has 0 aromatic rings. The molecule has 0 aliphatic rings. The van der Waals surface area contributed by atoms with Crippen molar-refractivity contribution < 1.29 is 18.3 Å². The average Bonchev–Trinajstić information content (AvgIpc) is 2.21. The number of carbonyl (C=O) groups is 1. The van der Waals surface area contributed by atoms with Crippen molar-refractivity contribution in [2.45, 2.75) is 25.8 Å². The maximum Gasteiger partial charge on any atom is 0.321 e. The van der Waals surface area contributed by atoms with Crippen LogP contribution in [0.3, 0.4) is 0 Å². The first-order valence-electron chi connectivity index (χ1n) is 4.91. The minimum absolute atomic E-state index is 0.267. The largest absolute Gasteiger partial charge is 0.480 e. The average molecular weight is 270 g/mol. The van der Waals surface area contributed by atoms with Crippen molar-refractivity contribution in [2.24, 2.45) is 0 Å². The molecular formula is C8H18N2O4S2. The highest BCUT2D eigenvalue weighted by molar-refractivity contribution is 7.98. The monoisotopic (exact) mass is 270 g/mol. The molecule has 0 amide bonds. The standard InChI is InChI=1S/C8H18N2O4S2/c1-3-5-9-16(13,14)10-7(8(11)12)4-6-15-2/h7,9-10H,3-6H2,1-2H3,(H,11,12)/t7-/m1/s1. The Kier molecular flexibility index (Phi) is 7.73. The van der Waals surface area contributed by atoms with Crippen molar-refractivity contribution in [2.75, 3.05) is 18.6 Å². The van der Waals surface area contributed by atoms with Crippen LogP contribution in [0.25, 0.3) is 0 Å². The van der Waals surface area contributed by atoms with E-state index in [1.54, 1.807) is 0 Å². The summed E-state index contributed by atoms with van der Waals surface area (Å²) in [6, 6.07) is -1.07. The summed E-state index contributed by atoms with van der Waals surface area (Å²) in [5.74, 6) is -0.566. The molecule has 0 heterocycles. The van der Waals surface area contributed by atoms with Crippen molar-refractivity contribution >= 4 is 27.9 Å². The van der Waals surface area contributed by atoms with Gasteiger partial charge in [-0.25, -0.2) is 4.72 Å². The second kappa shape index (κ2) is 7.88. The molecular weight excluding hydrogens is 252 g/mol. The van der Waals surface area contributed by atoms with Gasteiger partial charge < -0.3 is 5.11 Å². The lowest BCUT2D eigenvalue weighted by molar-refractivity contribution is -0.139. The third kappa shape index (κ3) is 7.04. The third-order valence-electron chi connectivity index (χ3n) is 1.75. The smallest absolute Gasteiger partial charge is 0.321 e. The molecule has 0 aromatic carbocycles. The summed E-state index contributed by atoms with van der Waals surface area (Å²) < 4.78 is 27.1. The fraction of sp³-hybridized carbons (Fsp3) is 0.875. The predicted octanol–water partition coefficient (Wildman–Crippen LogP) is 0.0267. The van der Waals surface area contributed by atoms with Gasteiger partial charge in [0.1, 0.15) is 6.04 Å². The van der Waals surface area contributed by atoms with E-state index in [1.807, 2.05) is 13.2 Å². The molecule has 0 saturated carbocycles. The van der Waals surface area contributed by atoms with Crippen molar-refractivity contribution in [3.63, 3.8) is 0 Å². The number of rotatable bonds is 9. The molecule has 0 aromatic heterocycles. The molecule has 6 nitrogen and oxygen atoms in total. The van der Waals surface area contributed by atoms with Gasteiger partial charge in [-0.3, -0.25) is 4.79 Å². The molecule has 0 saturated heterocycles. The molecule has 0 bridgehead atoms. The Labute approximate surface area is 100 Å². The van der Waals surface area contributed by atoms with Crippen LogP contribution in [-0.2, 0) is 15.0 Å². The molecule has 0 unspecified atom stereocenters. The first-order chi connectivity index (χ1) is 7.43. The molecule has 3 N–H and O–H groups in total. The zero-order valence-electron chi connectivity index (χ0n) is 9.39. The molecule has 0 spiro atoms. The van der Waals surface area contributed by atoms with Gasteiger partial charge in [-0.05, 0) is 24.9 Å². The molecule has 0 radical (unpaired) electrons. The van der Waals surface area contributed by atoms with E-state index in [1.165, 1.54) is 11.8 Å². The number of aliphatic carboxylic acids is 1. The van der Waals surface area contributed by atoms with Gasteiger partial charge in [0, 0.05) is 6.54 Å². The van der Waals surface area contributed by atoms with E-state index in [0.717, 1.165) is 0 Å². The normalized spacial score (nSPS) is 13.6. The fourth-order valence-corrected chi connectivity index (χ4v) is 2.55. The lowest BCUT2D eigenvalue weighted by atomic mass is 10.2. The zero-order valence-corrected chi connectivity index (χ0v) is 11.0. The van der Waals surface area contributed by atoms with Crippen LogP contribution in [-0.4, -0.2) is 44.1 Å². The van der Waals surface area contributed by atoms with E-state index < -0.39 is 22.2 Å². The minimum Gasteiger partial charge on any atom is -0.480 e. The summed E-state index contributed by atoms with van der Waals surface area (Å²) in [6.45, 7) is 2.12. The van der Waals surface area contributed by atoms with Crippen LogP contribution < -0.4 is 9.44 Å². The third-order valence-corrected chi connectivity index (χ3v) is 3.57. The van der Waals surface area contributed by atoms with Crippen LogP contribution in [0.5, 0.6) is 0 Å². The van der Waals surface area contributed by atoms with Gasteiger partial charge in [-0.1, -0.05) is 6.92 Å². The van der Waals surface area contributed by atoms with Crippen LogP contribution in [0, 0.1) is 0 Å². The van der Waals surface area contributed by atoms with E-state index >= 15 is 0 Å². The summed E-state index contributed by atoms with van der Waals surface area (Å²) in [7, 11) is -3.71. The maximum absolute atomic E-state index is 11.4. The molecule has 0 fully saturated rings. The van der Waals surface area contributed by atoms with Crippen molar-refractivity contribution in [3.8, 4) is 0 Å². The Morgan fingerprint density at radius 3 is 2.56 bits per heavy atom. The van der Waals surface area contributed by atoms with E-state index in [2.05, 4.69) is 9.44 Å². The summed E-state index contributed by atoms with van der Waals surface area (Å²) in [5, 5.41) is 8.82. The SMILES string of the molecule is CCCNS(=O)(=O)N[C@H](CCSC)C(=O)O. The van der Waals surface area contributed by atoms with Gasteiger partial charge in [-0.15, -0.1) is 0 Å². The summed E-state index contributed by atoms with van der Waals surface area (Å²) in [6.07, 6.45) is 2.76. The number of nitrogens with one attached hydrogen (secondary N) is 2. The van der Waals surface area contributed by atoms with E-state index in [-0.39, 0.29) is 6.42 Å². The molecule has 0 aliphatic heterocycles. The van der Waals surface area contributed by atoms with Gasteiger partial charge in [0.25, 0.3) is 10.2 Å². The highest BCUT2D eigenvalue weighted by atomic mass is 32.2. The molecule has 0 rings (SSSR count). The Morgan fingerprint density at radius 2 is 2.12 bits per heavy atom. The van der Waals surface area contributed by atoms with E-state index in [4.69, 9.17) is 5.11 Å². The molecule has 16 heavy (non-hydrogen) atoms. The first-order valence-corrected chi connectivity index (χ1v) is 7.79. The van der Waals surface area contributed by atoms with E-state index in [9.17, 15) is 13.2 Å². The minimum atomic E-state index is -3.71. The highest BCUT2D eigenvalue weighted by Gasteiger charge is 2.22. The lowest BCUT2D eigenvalue weighted by Gasteiger charge is -2.14. The van der Waals surface area contributed by atoms with Crippen molar-refractivity contribution in [1.82, 2.24) is 9.44 Å². The Balaban J connectivity index is 4.32. The van der Waals surface area contributed by atoms with Crippen LogP contribution >= 0.6 is 11.8 Å². The second-order valence-corrected chi connectivity index (χ2v) is 5.70. The number of hydrogen-bond donors (Lipinski definition) is 3. The number of thioether (sulfide) groups is 1. The second-order valence-electron chi connectivity index (χ2n) is 3.19. The predicted molar refractivity (Wildman–Crippen MR) is 64.8 cm³/mol. The number of carboxylic acid groups (broad SMARTS) is 1. The summed E-state index contributed by atoms with van der Waals surface area (Å²) in [4.78, 5) is 10.8. The maximum atomic E-state index is 11.4. The Hall–Kier alpha value is -0.310. The highest BCUT2D eigenvalue weighted by Crippen LogP contribution is 2.02. The van der Waals surface area contributed by atoms with Gasteiger partial charge in [0.05, 0.1) is 0 Å². The number of hydrogen-bond acceptors (Lipinski definition) is 4. The van der Waals surface area contributed by atoms with Crippen molar-refractivity contribution in [3.05, 3.63) is 0 Å². The molecule has 0 aliphatic carbocycles. The number of carboxylic acids is 1. The van der Waals surface area contributed by atoms with Crippen LogP contribution in [0.2, 0.25) is 0 Å². The zero-order chi connectivity index (χ0) is 12.6.